The van der Waals surface area contributed by atoms with Gasteiger partial charge in [-0.2, -0.15) is 0 Å². The van der Waals surface area contributed by atoms with E-state index in [2.05, 4.69) is 4.98 Å². The molecule has 0 radical (unpaired) electrons. The molecule has 0 atom stereocenters. The highest BCUT2D eigenvalue weighted by atomic mass is 16.5. The van der Waals surface area contributed by atoms with Crippen molar-refractivity contribution < 1.29 is 9.47 Å². The molecule has 1 aromatic heterocycles. The Hall–Kier alpha value is -2.23. The van der Waals surface area contributed by atoms with Gasteiger partial charge in [-0.05, 0) is 18.2 Å². The molecule has 0 saturated carbocycles. The Kier molecular flexibility index (Phi) is 3.14. The first kappa shape index (κ1) is 11.3. The molecular weight excluding hydrogens is 216 g/mol. The van der Waals surface area contributed by atoms with E-state index in [0.29, 0.717) is 11.4 Å². The lowest BCUT2D eigenvalue weighted by Gasteiger charge is -2.12. The van der Waals surface area contributed by atoms with Gasteiger partial charge < -0.3 is 15.2 Å². The molecule has 0 aliphatic carbocycles. The maximum absolute atomic E-state index is 5.72. The molecule has 2 rings (SSSR count). The largest absolute Gasteiger partial charge is 0.496 e. The van der Waals surface area contributed by atoms with Crippen LogP contribution in [0.1, 0.15) is 0 Å². The summed E-state index contributed by atoms with van der Waals surface area (Å²) >= 11 is 0. The maximum Gasteiger partial charge on any atom is 0.129 e. The fraction of sp³-hybridized carbons (Fsp3) is 0.154. The van der Waals surface area contributed by atoms with Crippen LogP contribution in [-0.2, 0) is 0 Å². The lowest BCUT2D eigenvalue weighted by Crippen LogP contribution is -1.94. The molecule has 88 valence electrons. The van der Waals surface area contributed by atoms with Crippen molar-refractivity contribution in [3.05, 3.63) is 36.7 Å². The molecule has 0 fully saturated rings. The van der Waals surface area contributed by atoms with Crippen molar-refractivity contribution in [1.82, 2.24) is 4.98 Å². The zero-order chi connectivity index (χ0) is 12.3. The second-order valence-corrected chi connectivity index (χ2v) is 3.54. The minimum Gasteiger partial charge on any atom is -0.496 e. The van der Waals surface area contributed by atoms with Gasteiger partial charge in [-0.3, -0.25) is 4.98 Å². The summed E-state index contributed by atoms with van der Waals surface area (Å²) in [4.78, 5) is 4.10. The monoisotopic (exact) mass is 230 g/mol. The third-order valence-electron chi connectivity index (χ3n) is 2.52. The van der Waals surface area contributed by atoms with Crippen LogP contribution in [-0.4, -0.2) is 19.2 Å². The number of pyridine rings is 1. The van der Waals surface area contributed by atoms with Crippen molar-refractivity contribution >= 4 is 5.69 Å². The first-order chi connectivity index (χ1) is 8.26. The highest BCUT2D eigenvalue weighted by Gasteiger charge is 2.11. The molecule has 0 spiro atoms. The predicted molar refractivity (Wildman–Crippen MR) is 67.2 cm³/mol. The van der Waals surface area contributed by atoms with Gasteiger partial charge in [0.2, 0.25) is 0 Å². The Morgan fingerprint density at radius 2 is 1.76 bits per heavy atom. The fourth-order valence-corrected chi connectivity index (χ4v) is 1.69. The first-order valence-electron chi connectivity index (χ1n) is 5.18. The molecule has 0 aliphatic heterocycles. The van der Waals surface area contributed by atoms with Gasteiger partial charge in [-0.1, -0.05) is 0 Å². The number of nitrogens with zero attached hydrogens (tertiary/aromatic N) is 1. The molecule has 1 heterocycles. The highest BCUT2D eigenvalue weighted by molar-refractivity contribution is 5.76. The second-order valence-electron chi connectivity index (χ2n) is 3.54. The van der Waals surface area contributed by atoms with Gasteiger partial charge in [0, 0.05) is 35.3 Å². The molecule has 0 saturated heterocycles. The number of hydrogen-bond donors (Lipinski definition) is 1. The normalized spacial score (nSPS) is 10.0. The van der Waals surface area contributed by atoms with Gasteiger partial charge in [0.15, 0.2) is 0 Å². The van der Waals surface area contributed by atoms with Gasteiger partial charge in [-0.25, -0.2) is 0 Å². The summed E-state index contributed by atoms with van der Waals surface area (Å²) in [7, 11) is 3.24. The quantitative estimate of drug-likeness (QED) is 0.822. The van der Waals surface area contributed by atoms with Gasteiger partial charge >= 0.3 is 0 Å². The number of benzene rings is 1. The van der Waals surface area contributed by atoms with Gasteiger partial charge in [0.1, 0.15) is 11.5 Å². The molecule has 1 aromatic carbocycles. The maximum atomic E-state index is 5.72. The van der Waals surface area contributed by atoms with Crippen LogP contribution in [0.25, 0.3) is 11.1 Å². The van der Waals surface area contributed by atoms with Crippen LogP contribution in [0.15, 0.2) is 36.7 Å². The van der Waals surface area contributed by atoms with Crippen LogP contribution in [0, 0.1) is 0 Å². The number of anilines is 1. The minimum atomic E-state index is 0.661. The zero-order valence-electron chi connectivity index (χ0n) is 9.81. The second kappa shape index (κ2) is 4.74. The first-order valence-corrected chi connectivity index (χ1v) is 5.18. The Bertz CT molecular complexity index is 527. The molecule has 4 heteroatoms. The van der Waals surface area contributed by atoms with E-state index in [0.717, 1.165) is 16.9 Å². The Balaban J connectivity index is 2.59. The van der Waals surface area contributed by atoms with Crippen LogP contribution in [0.2, 0.25) is 0 Å². The van der Waals surface area contributed by atoms with Crippen molar-refractivity contribution in [2.75, 3.05) is 20.0 Å². The summed E-state index contributed by atoms with van der Waals surface area (Å²) in [5.41, 5.74) is 8.18. The van der Waals surface area contributed by atoms with Crippen LogP contribution in [0.5, 0.6) is 11.5 Å². The summed E-state index contributed by atoms with van der Waals surface area (Å²) in [6, 6.07) is 7.31. The number of aromatic nitrogens is 1. The Morgan fingerprint density at radius 1 is 1.00 bits per heavy atom. The predicted octanol–water partition coefficient (Wildman–Crippen LogP) is 2.35. The average molecular weight is 230 g/mol. The Labute approximate surface area is 100 Å². The summed E-state index contributed by atoms with van der Waals surface area (Å²) in [5, 5.41) is 0. The van der Waals surface area contributed by atoms with Crippen molar-refractivity contribution in [2.45, 2.75) is 0 Å². The third-order valence-corrected chi connectivity index (χ3v) is 2.52. The van der Waals surface area contributed by atoms with E-state index in [-0.39, 0.29) is 0 Å². The van der Waals surface area contributed by atoms with Crippen molar-refractivity contribution in [1.29, 1.82) is 0 Å². The lowest BCUT2D eigenvalue weighted by molar-refractivity contribution is 0.410. The topological polar surface area (TPSA) is 57.4 Å². The van der Waals surface area contributed by atoms with E-state index in [1.807, 2.05) is 18.2 Å². The lowest BCUT2D eigenvalue weighted by atomic mass is 10.1. The highest BCUT2D eigenvalue weighted by Crippen LogP contribution is 2.36. The van der Waals surface area contributed by atoms with Crippen molar-refractivity contribution in [2.24, 2.45) is 0 Å². The van der Waals surface area contributed by atoms with Crippen LogP contribution >= 0.6 is 0 Å². The van der Waals surface area contributed by atoms with E-state index in [9.17, 15) is 0 Å². The number of rotatable bonds is 3. The molecule has 0 amide bonds. The number of nitrogen functional groups attached to an aromatic ring is 1. The van der Waals surface area contributed by atoms with Gasteiger partial charge in [0.05, 0.1) is 14.2 Å². The van der Waals surface area contributed by atoms with Gasteiger partial charge in [-0.15, -0.1) is 0 Å². The third kappa shape index (κ3) is 2.15. The number of methoxy groups -OCH3 is 2. The standard InChI is InChI=1S/C13H14N2O2/c1-16-12-5-6-15-8-11(12)10-4-3-9(14)7-13(10)17-2/h3-8H,14H2,1-2H3. The SMILES string of the molecule is COc1cc(N)ccc1-c1cnccc1OC. The van der Waals surface area contributed by atoms with E-state index >= 15 is 0 Å². The molecular formula is C13H14N2O2. The molecule has 2 aromatic rings. The molecule has 4 nitrogen and oxygen atoms in total. The molecule has 0 unspecified atom stereocenters. The molecule has 2 N–H and O–H groups in total. The summed E-state index contributed by atoms with van der Waals surface area (Å²) in [5.74, 6) is 1.46. The van der Waals surface area contributed by atoms with Crippen LogP contribution in [0.3, 0.4) is 0 Å². The number of nitrogens with two attached hydrogens (primary N) is 1. The van der Waals surface area contributed by atoms with Crippen LogP contribution < -0.4 is 15.2 Å². The molecule has 17 heavy (non-hydrogen) atoms. The number of ether oxygens (including phenoxy) is 2. The molecule has 0 bridgehead atoms. The van der Waals surface area contributed by atoms with E-state index < -0.39 is 0 Å². The van der Waals surface area contributed by atoms with Gasteiger partial charge in [0.25, 0.3) is 0 Å². The van der Waals surface area contributed by atoms with E-state index in [1.165, 1.54) is 0 Å². The van der Waals surface area contributed by atoms with Crippen molar-refractivity contribution in [3.63, 3.8) is 0 Å². The summed E-state index contributed by atoms with van der Waals surface area (Å²) in [6.07, 6.45) is 3.43. The fourth-order valence-electron chi connectivity index (χ4n) is 1.69. The minimum absolute atomic E-state index is 0.661. The smallest absolute Gasteiger partial charge is 0.129 e. The average Bonchev–Trinajstić information content (AvgIpc) is 2.38. The Morgan fingerprint density at radius 3 is 2.47 bits per heavy atom. The molecule has 0 aliphatic rings. The summed E-state index contributed by atoms with van der Waals surface area (Å²) in [6.45, 7) is 0. The summed E-state index contributed by atoms with van der Waals surface area (Å²) < 4.78 is 10.6. The van der Waals surface area contributed by atoms with E-state index in [1.54, 1.807) is 32.7 Å². The zero-order valence-corrected chi connectivity index (χ0v) is 9.81. The number of hydrogen-bond acceptors (Lipinski definition) is 4. The van der Waals surface area contributed by atoms with E-state index in [4.69, 9.17) is 15.2 Å². The van der Waals surface area contributed by atoms with Crippen molar-refractivity contribution in [3.8, 4) is 22.6 Å². The van der Waals surface area contributed by atoms with Crippen LogP contribution in [0.4, 0.5) is 5.69 Å².